The third-order valence-corrected chi connectivity index (χ3v) is 4.52. The van der Waals surface area contributed by atoms with Crippen LogP contribution in [0.5, 0.6) is 0 Å². The fraction of sp³-hybridized carbons (Fsp3) is 0.571. The van der Waals surface area contributed by atoms with Gasteiger partial charge in [-0.25, -0.2) is 0 Å². The van der Waals surface area contributed by atoms with Crippen molar-refractivity contribution in [3.05, 3.63) is 33.8 Å². The molecule has 1 atom stereocenters. The van der Waals surface area contributed by atoms with Crippen molar-refractivity contribution < 1.29 is 0 Å². The molecule has 0 fully saturated rings. The second-order valence-electron chi connectivity index (χ2n) is 5.34. The topological polar surface area (TPSA) is 15.3 Å². The summed E-state index contributed by atoms with van der Waals surface area (Å²) in [7, 11) is 6.19. The maximum atomic E-state index is 6.05. The average Bonchev–Trinajstić information content (AvgIpc) is 2.30. The molecule has 0 heterocycles. The Morgan fingerprint density at radius 3 is 2.28 bits per heavy atom. The van der Waals surface area contributed by atoms with E-state index in [0.717, 1.165) is 6.42 Å². The summed E-state index contributed by atoms with van der Waals surface area (Å²) in [5.41, 5.74) is 1.25. The Hall–Kier alpha value is -0.280. The Labute approximate surface area is 120 Å². The first kappa shape index (κ1) is 15.8. The molecule has 0 aliphatic heterocycles. The van der Waals surface area contributed by atoms with Crippen LogP contribution in [0.25, 0.3) is 0 Å². The Morgan fingerprint density at radius 1 is 1.22 bits per heavy atom. The molecule has 1 unspecified atom stereocenters. The van der Waals surface area contributed by atoms with Crippen LogP contribution in [0.4, 0.5) is 0 Å². The lowest BCUT2D eigenvalue weighted by atomic mass is 9.88. The van der Waals surface area contributed by atoms with Crippen molar-refractivity contribution >= 4 is 23.2 Å². The molecule has 1 N–H and O–H groups in total. The van der Waals surface area contributed by atoms with E-state index in [0.29, 0.717) is 16.1 Å². The van der Waals surface area contributed by atoms with Crippen LogP contribution in [0.15, 0.2) is 18.2 Å². The summed E-state index contributed by atoms with van der Waals surface area (Å²) >= 11 is 12.0. The summed E-state index contributed by atoms with van der Waals surface area (Å²) in [4.78, 5) is 2.23. The molecule has 1 rings (SSSR count). The smallest absolute Gasteiger partial charge is 0.0595 e. The first-order valence-electron chi connectivity index (χ1n) is 6.07. The van der Waals surface area contributed by atoms with Crippen LogP contribution < -0.4 is 5.32 Å². The summed E-state index contributed by atoms with van der Waals surface area (Å²) in [6.07, 6.45) is 0.915. The van der Waals surface area contributed by atoms with E-state index in [2.05, 4.69) is 38.2 Å². The third-order valence-electron chi connectivity index (χ3n) is 3.78. The monoisotopic (exact) mass is 288 g/mol. The van der Waals surface area contributed by atoms with Crippen molar-refractivity contribution in [1.29, 1.82) is 0 Å². The zero-order valence-electron chi connectivity index (χ0n) is 11.7. The van der Waals surface area contributed by atoms with Gasteiger partial charge in [0.05, 0.1) is 10.0 Å². The predicted octanol–water partition coefficient (Wildman–Crippen LogP) is 3.46. The highest BCUT2D eigenvalue weighted by Crippen LogP contribution is 2.25. The van der Waals surface area contributed by atoms with E-state index in [-0.39, 0.29) is 5.54 Å². The van der Waals surface area contributed by atoms with Crippen molar-refractivity contribution in [3.63, 3.8) is 0 Å². The second-order valence-corrected chi connectivity index (χ2v) is 6.16. The maximum absolute atomic E-state index is 6.05. The summed E-state index contributed by atoms with van der Waals surface area (Å²) in [6.45, 7) is 4.46. The molecule has 1 aromatic carbocycles. The Kier molecular flexibility index (Phi) is 5.47. The Morgan fingerprint density at radius 2 is 1.83 bits per heavy atom. The number of hydrogen-bond donors (Lipinski definition) is 1. The molecule has 0 aliphatic carbocycles. The quantitative estimate of drug-likeness (QED) is 0.893. The molecule has 0 aliphatic rings. The predicted molar refractivity (Wildman–Crippen MR) is 80.8 cm³/mol. The number of hydrogen-bond acceptors (Lipinski definition) is 2. The highest BCUT2D eigenvalue weighted by Gasteiger charge is 2.30. The van der Waals surface area contributed by atoms with Gasteiger partial charge in [-0.15, -0.1) is 0 Å². The second kappa shape index (κ2) is 6.25. The largest absolute Gasteiger partial charge is 0.315 e. The van der Waals surface area contributed by atoms with Crippen molar-refractivity contribution in [2.24, 2.45) is 0 Å². The van der Waals surface area contributed by atoms with Gasteiger partial charge in [-0.2, -0.15) is 0 Å². The highest BCUT2D eigenvalue weighted by molar-refractivity contribution is 6.42. The van der Waals surface area contributed by atoms with Crippen LogP contribution in [0, 0.1) is 0 Å². The molecule has 0 radical (unpaired) electrons. The van der Waals surface area contributed by atoms with Gasteiger partial charge in [-0.1, -0.05) is 29.3 Å². The number of nitrogens with one attached hydrogen (secondary N) is 1. The minimum atomic E-state index is 0.0564. The van der Waals surface area contributed by atoms with Gasteiger partial charge in [-0.3, -0.25) is 0 Å². The molecule has 0 bridgehead atoms. The van der Waals surface area contributed by atoms with E-state index in [1.165, 1.54) is 5.56 Å². The van der Waals surface area contributed by atoms with Gasteiger partial charge in [0.2, 0.25) is 0 Å². The number of likely N-dealkylation sites (N-methyl/N-ethyl adjacent to an activating group) is 2. The van der Waals surface area contributed by atoms with Crippen LogP contribution in [-0.2, 0) is 6.42 Å². The highest BCUT2D eigenvalue weighted by atomic mass is 35.5. The molecular formula is C14H22Cl2N2. The molecule has 0 saturated carbocycles. The molecule has 4 heteroatoms. The summed E-state index contributed by atoms with van der Waals surface area (Å²) in [5.74, 6) is 0. The number of nitrogens with zero attached hydrogens (tertiary/aromatic N) is 1. The van der Waals surface area contributed by atoms with Gasteiger partial charge in [0, 0.05) is 11.6 Å². The van der Waals surface area contributed by atoms with Crippen molar-refractivity contribution in [1.82, 2.24) is 10.2 Å². The van der Waals surface area contributed by atoms with Gasteiger partial charge in [0.25, 0.3) is 0 Å². The Bertz CT molecular complexity index is 403. The minimum absolute atomic E-state index is 0.0564. The van der Waals surface area contributed by atoms with Crippen LogP contribution in [-0.4, -0.2) is 37.6 Å². The van der Waals surface area contributed by atoms with E-state index in [1.54, 1.807) is 0 Å². The van der Waals surface area contributed by atoms with Crippen molar-refractivity contribution in [2.75, 3.05) is 21.1 Å². The number of halogens is 2. The molecule has 0 amide bonds. The minimum Gasteiger partial charge on any atom is -0.315 e. The fourth-order valence-electron chi connectivity index (χ4n) is 1.92. The standard InChI is InChI=1S/C14H22Cl2N2/c1-14(2,18(4)5)13(17-3)9-10-6-7-11(15)12(16)8-10/h6-8,13,17H,9H2,1-5H3. The zero-order chi connectivity index (χ0) is 13.9. The van der Waals surface area contributed by atoms with E-state index >= 15 is 0 Å². The average molecular weight is 289 g/mol. The van der Waals surface area contributed by atoms with E-state index < -0.39 is 0 Å². The normalized spacial score (nSPS) is 14.0. The molecule has 0 spiro atoms. The molecular weight excluding hydrogens is 267 g/mol. The zero-order valence-corrected chi connectivity index (χ0v) is 13.2. The Balaban J connectivity index is 2.89. The van der Waals surface area contributed by atoms with Gasteiger partial charge in [0.1, 0.15) is 0 Å². The molecule has 2 nitrogen and oxygen atoms in total. The lowest BCUT2D eigenvalue weighted by molar-refractivity contribution is 0.141. The summed E-state index contributed by atoms with van der Waals surface area (Å²) in [5, 5.41) is 4.61. The molecule has 0 saturated heterocycles. The van der Waals surface area contributed by atoms with Crippen LogP contribution >= 0.6 is 23.2 Å². The lowest BCUT2D eigenvalue weighted by Gasteiger charge is -2.40. The maximum Gasteiger partial charge on any atom is 0.0595 e. The lowest BCUT2D eigenvalue weighted by Crippen LogP contribution is -2.55. The first-order chi connectivity index (χ1) is 8.28. The first-order valence-corrected chi connectivity index (χ1v) is 6.83. The number of benzene rings is 1. The van der Waals surface area contributed by atoms with Gasteiger partial charge >= 0.3 is 0 Å². The SMILES string of the molecule is CNC(Cc1ccc(Cl)c(Cl)c1)C(C)(C)N(C)C. The molecule has 102 valence electrons. The van der Waals surface area contributed by atoms with Gasteiger partial charge < -0.3 is 10.2 Å². The van der Waals surface area contributed by atoms with Crippen LogP contribution in [0.2, 0.25) is 10.0 Å². The molecule has 18 heavy (non-hydrogen) atoms. The van der Waals surface area contributed by atoms with E-state index in [1.807, 2.05) is 25.2 Å². The van der Waals surface area contributed by atoms with Crippen molar-refractivity contribution in [2.45, 2.75) is 31.8 Å². The molecule has 1 aromatic rings. The van der Waals surface area contributed by atoms with E-state index in [4.69, 9.17) is 23.2 Å². The van der Waals surface area contributed by atoms with Gasteiger partial charge in [-0.05, 0) is 59.1 Å². The third kappa shape index (κ3) is 3.61. The van der Waals surface area contributed by atoms with Crippen molar-refractivity contribution in [3.8, 4) is 0 Å². The van der Waals surface area contributed by atoms with Gasteiger partial charge in [0.15, 0.2) is 0 Å². The molecule has 0 aromatic heterocycles. The van der Waals surface area contributed by atoms with Crippen LogP contribution in [0.1, 0.15) is 19.4 Å². The number of rotatable bonds is 5. The van der Waals surface area contributed by atoms with Crippen LogP contribution in [0.3, 0.4) is 0 Å². The fourth-order valence-corrected chi connectivity index (χ4v) is 2.24. The summed E-state index contributed by atoms with van der Waals surface area (Å²) in [6, 6.07) is 6.17. The summed E-state index contributed by atoms with van der Waals surface area (Å²) < 4.78 is 0. The van der Waals surface area contributed by atoms with E-state index in [9.17, 15) is 0 Å².